The first-order valence-corrected chi connectivity index (χ1v) is 8.78. The highest BCUT2D eigenvalue weighted by molar-refractivity contribution is 5.91. The van der Waals surface area contributed by atoms with Gasteiger partial charge in [0.25, 0.3) is 0 Å². The molecule has 0 unspecified atom stereocenters. The van der Waals surface area contributed by atoms with E-state index in [0.29, 0.717) is 13.2 Å². The third kappa shape index (κ3) is 4.51. The molecule has 0 radical (unpaired) electrons. The molecule has 0 atom stereocenters. The number of aromatic nitrogens is 1. The van der Waals surface area contributed by atoms with Crippen LogP contribution in [0.5, 0.6) is 5.75 Å². The minimum Gasteiger partial charge on any atom is -0.492 e. The second-order valence-corrected chi connectivity index (χ2v) is 6.02. The van der Waals surface area contributed by atoms with E-state index in [1.54, 1.807) is 0 Å². The van der Waals surface area contributed by atoms with Crippen molar-refractivity contribution in [3.8, 4) is 5.75 Å². The van der Waals surface area contributed by atoms with E-state index >= 15 is 0 Å². The van der Waals surface area contributed by atoms with Gasteiger partial charge in [0.05, 0.1) is 5.52 Å². The maximum atomic E-state index is 11.1. The molecular weight excluding hydrogens is 326 g/mol. The number of aryl methyl sites for hydroxylation is 1. The summed E-state index contributed by atoms with van der Waals surface area (Å²) in [5.41, 5.74) is 3.87. The number of pyridine rings is 1. The second-order valence-electron chi connectivity index (χ2n) is 6.02. The lowest BCUT2D eigenvalue weighted by Gasteiger charge is -2.13. The van der Waals surface area contributed by atoms with Crippen LogP contribution in [0.4, 0.5) is 11.4 Å². The van der Waals surface area contributed by atoms with Gasteiger partial charge in [0, 0.05) is 42.0 Å². The van der Waals surface area contributed by atoms with Crippen molar-refractivity contribution in [2.24, 2.45) is 0 Å². The summed E-state index contributed by atoms with van der Waals surface area (Å²) in [4.78, 5) is 15.8. The SMILES string of the molecule is CCc1cc(NCCOc2cccc(NC(C)=O)c2)c2ccccc2n1. The Hall–Kier alpha value is -3.08. The highest BCUT2D eigenvalue weighted by atomic mass is 16.5. The van der Waals surface area contributed by atoms with Crippen molar-refractivity contribution in [3.63, 3.8) is 0 Å². The lowest BCUT2D eigenvalue weighted by atomic mass is 10.1. The monoisotopic (exact) mass is 349 g/mol. The molecule has 2 aromatic carbocycles. The number of benzene rings is 2. The molecule has 0 spiro atoms. The highest BCUT2D eigenvalue weighted by Crippen LogP contribution is 2.23. The van der Waals surface area contributed by atoms with Crippen molar-refractivity contribution < 1.29 is 9.53 Å². The van der Waals surface area contributed by atoms with Crippen molar-refractivity contribution in [3.05, 3.63) is 60.3 Å². The predicted octanol–water partition coefficient (Wildman–Crippen LogP) is 4.25. The van der Waals surface area contributed by atoms with Crippen LogP contribution in [0.3, 0.4) is 0 Å². The van der Waals surface area contributed by atoms with Crippen LogP contribution in [0, 0.1) is 0 Å². The van der Waals surface area contributed by atoms with Crippen molar-refractivity contribution in [2.75, 3.05) is 23.8 Å². The number of fused-ring (bicyclic) bond motifs is 1. The van der Waals surface area contributed by atoms with Gasteiger partial charge in [-0.1, -0.05) is 31.2 Å². The fourth-order valence-corrected chi connectivity index (χ4v) is 2.78. The van der Waals surface area contributed by atoms with E-state index in [-0.39, 0.29) is 5.91 Å². The zero-order chi connectivity index (χ0) is 18.4. The van der Waals surface area contributed by atoms with Gasteiger partial charge in [-0.15, -0.1) is 0 Å². The van der Waals surface area contributed by atoms with E-state index in [4.69, 9.17) is 4.74 Å². The molecule has 2 N–H and O–H groups in total. The molecule has 1 amide bonds. The van der Waals surface area contributed by atoms with Crippen LogP contribution < -0.4 is 15.4 Å². The van der Waals surface area contributed by atoms with Crippen LogP contribution in [0.2, 0.25) is 0 Å². The number of anilines is 2. The minimum atomic E-state index is -0.0971. The van der Waals surface area contributed by atoms with Gasteiger partial charge >= 0.3 is 0 Å². The quantitative estimate of drug-likeness (QED) is 0.626. The van der Waals surface area contributed by atoms with Crippen molar-refractivity contribution in [1.82, 2.24) is 4.98 Å². The second kappa shape index (κ2) is 8.34. The first-order chi connectivity index (χ1) is 12.7. The molecule has 3 aromatic rings. The molecule has 26 heavy (non-hydrogen) atoms. The lowest BCUT2D eigenvalue weighted by Crippen LogP contribution is -2.12. The van der Waals surface area contributed by atoms with E-state index in [0.717, 1.165) is 40.1 Å². The van der Waals surface area contributed by atoms with Crippen LogP contribution in [0.25, 0.3) is 10.9 Å². The first-order valence-electron chi connectivity index (χ1n) is 8.78. The van der Waals surface area contributed by atoms with Crippen molar-refractivity contribution >= 4 is 28.2 Å². The fourth-order valence-electron chi connectivity index (χ4n) is 2.78. The maximum Gasteiger partial charge on any atom is 0.221 e. The Morgan fingerprint density at radius 3 is 2.77 bits per heavy atom. The van der Waals surface area contributed by atoms with Gasteiger partial charge in [-0.25, -0.2) is 0 Å². The summed E-state index contributed by atoms with van der Waals surface area (Å²) in [7, 11) is 0. The van der Waals surface area contributed by atoms with Gasteiger partial charge < -0.3 is 15.4 Å². The number of nitrogens with one attached hydrogen (secondary N) is 2. The van der Waals surface area contributed by atoms with E-state index < -0.39 is 0 Å². The molecular formula is C21H23N3O2. The number of carbonyl (C=O) groups excluding carboxylic acids is 1. The summed E-state index contributed by atoms with van der Waals surface area (Å²) in [6, 6.07) is 17.6. The molecule has 0 aliphatic heterocycles. The van der Waals surface area contributed by atoms with Gasteiger partial charge in [0.1, 0.15) is 12.4 Å². The zero-order valence-electron chi connectivity index (χ0n) is 15.1. The molecule has 5 heteroatoms. The van der Waals surface area contributed by atoms with Crippen LogP contribution in [-0.2, 0) is 11.2 Å². The number of ether oxygens (including phenoxy) is 1. The molecule has 0 aliphatic carbocycles. The Kier molecular flexibility index (Phi) is 5.69. The molecule has 0 saturated heterocycles. The lowest BCUT2D eigenvalue weighted by molar-refractivity contribution is -0.114. The van der Waals surface area contributed by atoms with Crippen LogP contribution >= 0.6 is 0 Å². The number of nitrogens with zero attached hydrogens (tertiary/aromatic N) is 1. The molecule has 3 rings (SSSR count). The van der Waals surface area contributed by atoms with E-state index in [2.05, 4.69) is 34.7 Å². The molecule has 0 bridgehead atoms. The van der Waals surface area contributed by atoms with Crippen LogP contribution in [0.1, 0.15) is 19.5 Å². The molecule has 5 nitrogen and oxygen atoms in total. The Balaban J connectivity index is 1.62. The van der Waals surface area contributed by atoms with E-state index in [1.807, 2.05) is 42.5 Å². The Labute approximate surface area is 153 Å². The van der Waals surface area contributed by atoms with Crippen LogP contribution in [-0.4, -0.2) is 24.0 Å². The van der Waals surface area contributed by atoms with Gasteiger partial charge in [0.2, 0.25) is 5.91 Å². The summed E-state index contributed by atoms with van der Waals surface area (Å²) in [6.45, 7) is 4.77. The zero-order valence-corrected chi connectivity index (χ0v) is 15.1. The van der Waals surface area contributed by atoms with Crippen molar-refractivity contribution in [2.45, 2.75) is 20.3 Å². The topological polar surface area (TPSA) is 63.2 Å². The largest absolute Gasteiger partial charge is 0.492 e. The Morgan fingerprint density at radius 1 is 1.12 bits per heavy atom. The summed E-state index contributed by atoms with van der Waals surface area (Å²) < 4.78 is 5.79. The number of para-hydroxylation sites is 1. The molecule has 0 saturated carbocycles. The molecule has 134 valence electrons. The van der Waals surface area contributed by atoms with Crippen LogP contribution in [0.15, 0.2) is 54.6 Å². The normalized spacial score (nSPS) is 10.5. The summed E-state index contributed by atoms with van der Waals surface area (Å²) in [5, 5.41) is 7.31. The Bertz CT molecular complexity index is 909. The average molecular weight is 349 g/mol. The maximum absolute atomic E-state index is 11.1. The number of hydrogen-bond acceptors (Lipinski definition) is 4. The molecule has 0 aliphatic rings. The standard InChI is InChI=1S/C21H23N3O2/c1-3-16-14-21(19-9-4-5-10-20(19)24-16)22-11-12-26-18-8-6-7-17(13-18)23-15(2)25/h4-10,13-14H,3,11-12H2,1-2H3,(H,22,24)(H,23,25). The van der Waals surface area contributed by atoms with Gasteiger partial charge in [-0.2, -0.15) is 0 Å². The van der Waals surface area contributed by atoms with E-state index in [9.17, 15) is 4.79 Å². The number of hydrogen-bond donors (Lipinski definition) is 2. The number of rotatable bonds is 7. The number of amides is 1. The third-order valence-electron chi connectivity index (χ3n) is 3.97. The molecule has 0 fully saturated rings. The Morgan fingerprint density at radius 2 is 1.96 bits per heavy atom. The average Bonchev–Trinajstić information content (AvgIpc) is 2.64. The van der Waals surface area contributed by atoms with Gasteiger partial charge in [-0.3, -0.25) is 9.78 Å². The molecule has 1 aromatic heterocycles. The summed E-state index contributed by atoms with van der Waals surface area (Å²) in [6.07, 6.45) is 0.895. The highest BCUT2D eigenvalue weighted by Gasteiger charge is 2.05. The number of carbonyl (C=O) groups is 1. The smallest absolute Gasteiger partial charge is 0.221 e. The minimum absolute atomic E-state index is 0.0971. The predicted molar refractivity (Wildman–Crippen MR) is 106 cm³/mol. The van der Waals surface area contributed by atoms with Gasteiger partial charge in [-0.05, 0) is 30.7 Å². The van der Waals surface area contributed by atoms with Crippen molar-refractivity contribution in [1.29, 1.82) is 0 Å². The summed E-state index contributed by atoms with van der Waals surface area (Å²) in [5.74, 6) is 0.631. The summed E-state index contributed by atoms with van der Waals surface area (Å²) >= 11 is 0. The first kappa shape index (κ1) is 17.7. The van der Waals surface area contributed by atoms with E-state index in [1.165, 1.54) is 6.92 Å². The molecule has 1 heterocycles. The third-order valence-corrected chi connectivity index (χ3v) is 3.97. The fraction of sp³-hybridized carbons (Fsp3) is 0.238. The van der Waals surface area contributed by atoms with Gasteiger partial charge in [0.15, 0.2) is 0 Å².